The molecule has 0 radical (unpaired) electrons. The van der Waals surface area contributed by atoms with Crippen LogP contribution in [-0.2, 0) is 10.2 Å². The average Bonchev–Trinajstić information content (AvgIpc) is 3.48. The number of nitrogens with zero attached hydrogens (tertiary/aromatic N) is 3. The lowest BCUT2D eigenvalue weighted by Crippen LogP contribution is -2.23. The molecule has 3 aromatic rings. The van der Waals surface area contributed by atoms with Gasteiger partial charge in [-0.2, -0.15) is 0 Å². The van der Waals surface area contributed by atoms with E-state index in [1.54, 1.807) is 24.3 Å². The second kappa shape index (κ2) is 10.2. The number of benzene rings is 2. The highest BCUT2D eigenvalue weighted by atomic mass is 32.2. The number of hydrogen-bond donors (Lipinski definition) is 2. The van der Waals surface area contributed by atoms with Crippen LogP contribution in [0, 0.1) is 0 Å². The Balaban J connectivity index is 1.54. The van der Waals surface area contributed by atoms with E-state index < -0.39 is 5.91 Å². The third-order valence-electron chi connectivity index (χ3n) is 6.45. The van der Waals surface area contributed by atoms with Crippen LogP contribution in [0.25, 0.3) is 11.4 Å². The molecule has 8 heteroatoms. The summed E-state index contributed by atoms with van der Waals surface area (Å²) in [5.74, 6) is 0.218. The fraction of sp³-hybridized carbons (Fsp3) is 0.407. The maximum Gasteiger partial charge on any atom is 0.248 e. The molecule has 184 valence electrons. The Morgan fingerprint density at radius 3 is 2.23 bits per heavy atom. The van der Waals surface area contributed by atoms with E-state index >= 15 is 0 Å². The van der Waals surface area contributed by atoms with Crippen LogP contribution in [-0.4, -0.2) is 31.8 Å². The molecule has 0 spiro atoms. The lowest BCUT2D eigenvalue weighted by atomic mass is 9.86. The predicted molar refractivity (Wildman–Crippen MR) is 141 cm³/mol. The summed E-state index contributed by atoms with van der Waals surface area (Å²) in [4.78, 5) is 24.2. The molecule has 0 bridgehead atoms. The summed E-state index contributed by atoms with van der Waals surface area (Å²) in [7, 11) is 0. The molecule has 3 N–H and O–H groups in total. The molecule has 0 saturated heterocycles. The average molecular weight is 492 g/mol. The quantitative estimate of drug-likeness (QED) is 0.420. The van der Waals surface area contributed by atoms with Gasteiger partial charge in [-0.05, 0) is 55.0 Å². The molecule has 1 saturated carbocycles. The van der Waals surface area contributed by atoms with Crippen molar-refractivity contribution in [2.45, 2.75) is 75.2 Å². The van der Waals surface area contributed by atoms with Gasteiger partial charge in [0.25, 0.3) is 0 Å². The molecular formula is C27H33N5O2S. The van der Waals surface area contributed by atoms with E-state index in [4.69, 9.17) is 5.73 Å². The number of hydrogen-bond acceptors (Lipinski definition) is 5. The van der Waals surface area contributed by atoms with Crippen LogP contribution in [0.4, 0.5) is 5.69 Å². The van der Waals surface area contributed by atoms with Crippen molar-refractivity contribution in [1.29, 1.82) is 0 Å². The van der Waals surface area contributed by atoms with Crippen molar-refractivity contribution in [2.75, 3.05) is 5.32 Å². The molecule has 1 atom stereocenters. The lowest BCUT2D eigenvalue weighted by Gasteiger charge is -2.20. The molecule has 2 amide bonds. The fourth-order valence-electron chi connectivity index (χ4n) is 4.34. The largest absolute Gasteiger partial charge is 0.366 e. The van der Waals surface area contributed by atoms with Crippen molar-refractivity contribution in [3.63, 3.8) is 0 Å². The number of nitrogens with two attached hydrogens (primary N) is 1. The highest BCUT2D eigenvalue weighted by molar-refractivity contribution is 8.00. The number of aromatic nitrogens is 3. The number of primary amides is 1. The van der Waals surface area contributed by atoms with Gasteiger partial charge in [0.15, 0.2) is 11.0 Å². The smallest absolute Gasteiger partial charge is 0.248 e. The van der Waals surface area contributed by atoms with Crippen LogP contribution in [0.3, 0.4) is 0 Å². The summed E-state index contributed by atoms with van der Waals surface area (Å²) in [5, 5.41) is 12.4. The summed E-state index contributed by atoms with van der Waals surface area (Å²) < 4.78 is 2.23. The lowest BCUT2D eigenvalue weighted by molar-refractivity contribution is -0.115. The number of amides is 2. The van der Waals surface area contributed by atoms with Crippen molar-refractivity contribution in [3.8, 4) is 11.4 Å². The highest BCUT2D eigenvalue weighted by Crippen LogP contribution is 2.38. The van der Waals surface area contributed by atoms with Gasteiger partial charge in [-0.1, -0.05) is 69.6 Å². The molecule has 1 aliphatic carbocycles. The van der Waals surface area contributed by atoms with E-state index in [1.165, 1.54) is 30.2 Å². The third-order valence-corrected chi connectivity index (χ3v) is 7.51. The molecular weight excluding hydrogens is 458 g/mol. The number of thioether (sulfide) groups is 1. The summed E-state index contributed by atoms with van der Waals surface area (Å²) in [5.41, 5.74) is 8.70. The molecule has 1 aliphatic rings. The first-order valence-electron chi connectivity index (χ1n) is 12.1. The van der Waals surface area contributed by atoms with Gasteiger partial charge in [-0.3, -0.25) is 14.2 Å². The number of rotatable bonds is 7. The molecule has 4 rings (SSSR count). The SMILES string of the molecule is CC(Sc1nnc(-c2ccc(C(C)(C)C)cc2)n1C1CCCC1)C(=O)Nc1ccc(C(N)=O)cc1. The van der Waals surface area contributed by atoms with Crippen molar-refractivity contribution in [2.24, 2.45) is 5.73 Å². The maximum absolute atomic E-state index is 12.9. The minimum absolute atomic E-state index is 0.0849. The van der Waals surface area contributed by atoms with Crippen molar-refractivity contribution < 1.29 is 9.59 Å². The van der Waals surface area contributed by atoms with E-state index in [-0.39, 0.29) is 16.6 Å². The van der Waals surface area contributed by atoms with Gasteiger partial charge in [0.05, 0.1) is 5.25 Å². The summed E-state index contributed by atoms with van der Waals surface area (Å²) in [6.45, 7) is 8.48. The molecule has 35 heavy (non-hydrogen) atoms. The van der Waals surface area contributed by atoms with E-state index in [1.807, 2.05) is 6.92 Å². The summed E-state index contributed by atoms with van der Waals surface area (Å²) in [6.07, 6.45) is 4.55. The fourth-order valence-corrected chi connectivity index (χ4v) is 5.26. The number of carbonyl (C=O) groups is 2. The van der Waals surface area contributed by atoms with Gasteiger partial charge in [-0.15, -0.1) is 10.2 Å². The van der Waals surface area contributed by atoms with Crippen LogP contribution in [0.15, 0.2) is 53.7 Å². The Labute approximate surface area is 210 Å². The van der Waals surface area contributed by atoms with E-state index in [2.05, 4.69) is 65.1 Å². The second-order valence-electron chi connectivity index (χ2n) is 10.1. The molecule has 1 aromatic heterocycles. The van der Waals surface area contributed by atoms with Gasteiger partial charge in [-0.25, -0.2) is 0 Å². The summed E-state index contributed by atoms with van der Waals surface area (Å²) >= 11 is 1.42. The first-order chi connectivity index (χ1) is 16.6. The topological polar surface area (TPSA) is 103 Å². The van der Waals surface area contributed by atoms with Crippen LogP contribution in [0.5, 0.6) is 0 Å². The van der Waals surface area contributed by atoms with Crippen molar-refractivity contribution >= 4 is 29.3 Å². The normalized spacial score (nSPS) is 15.2. The highest BCUT2D eigenvalue weighted by Gasteiger charge is 2.27. The second-order valence-corrected chi connectivity index (χ2v) is 11.4. The van der Waals surface area contributed by atoms with Gasteiger partial charge >= 0.3 is 0 Å². The minimum Gasteiger partial charge on any atom is -0.366 e. The zero-order valence-electron chi connectivity index (χ0n) is 20.7. The van der Waals surface area contributed by atoms with Gasteiger partial charge in [0.1, 0.15) is 0 Å². The predicted octanol–water partition coefficient (Wildman–Crippen LogP) is 5.58. The molecule has 1 heterocycles. The molecule has 2 aromatic carbocycles. The first kappa shape index (κ1) is 25.0. The van der Waals surface area contributed by atoms with Crippen molar-refractivity contribution in [3.05, 3.63) is 59.7 Å². The van der Waals surface area contributed by atoms with Crippen LogP contribution in [0.2, 0.25) is 0 Å². The van der Waals surface area contributed by atoms with Gasteiger partial charge in [0.2, 0.25) is 11.8 Å². The molecule has 7 nitrogen and oxygen atoms in total. The van der Waals surface area contributed by atoms with Gasteiger partial charge in [0, 0.05) is 22.9 Å². The first-order valence-corrected chi connectivity index (χ1v) is 12.9. The Morgan fingerprint density at radius 2 is 1.66 bits per heavy atom. The Morgan fingerprint density at radius 1 is 1.03 bits per heavy atom. The Bertz CT molecular complexity index is 1190. The standard InChI is InChI=1S/C27H33N5O2S/c1-17(25(34)29-21-15-11-18(12-16-21)23(28)33)35-26-31-30-24(32(26)22-7-5-6-8-22)19-9-13-20(14-10-19)27(2,3)4/h9-17,22H,5-8H2,1-4H3,(H2,28,33)(H,29,34). The number of nitrogens with one attached hydrogen (secondary N) is 1. The monoisotopic (exact) mass is 491 g/mol. The number of carbonyl (C=O) groups excluding carboxylic acids is 2. The summed E-state index contributed by atoms with van der Waals surface area (Å²) in [6, 6.07) is 15.5. The maximum atomic E-state index is 12.9. The van der Waals surface area contributed by atoms with Gasteiger partial charge < -0.3 is 11.1 Å². The minimum atomic E-state index is -0.498. The van der Waals surface area contributed by atoms with Crippen molar-refractivity contribution in [1.82, 2.24) is 14.8 Å². The van der Waals surface area contributed by atoms with E-state index in [0.717, 1.165) is 29.4 Å². The zero-order chi connectivity index (χ0) is 25.2. The van der Waals surface area contributed by atoms with E-state index in [9.17, 15) is 9.59 Å². The Kier molecular flexibility index (Phi) is 7.31. The van der Waals surface area contributed by atoms with E-state index in [0.29, 0.717) is 17.3 Å². The zero-order valence-corrected chi connectivity index (χ0v) is 21.6. The third kappa shape index (κ3) is 5.75. The molecule has 1 unspecified atom stereocenters. The number of anilines is 1. The van der Waals surface area contributed by atoms with Crippen LogP contribution < -0.4 is 11.1 Å². The van der Waals surface area contributed by atoms with Crippen LogP contribution >= 0.6 is 11.8 Å². The van der Waals surface area contributed by atoms with Crippen LogP contribution in [0.1, 0.15) is 75.3 Å². The molecule has 0 aliphatic heterocycles. The molecule has 1 fully saturated rings. The Hall–Kier alpha value is -3.13.